The summed E-state index contributed by atoms with van der Waals surface area (Å²) in [6.45, 7) is 10.2. The van der Waals surface area contributed by atoms with Crippen LogP contribution in [0.25, 0.3) is 0 Å². The minimum absolute atomic E-state index is 0.754. The fourth-order valence-corrected chi connectivity index (χ4v) is 3.04. The maximum absolute atomic E-state index is 5.66. The van der Waals surface area contributed by atoms with Crippen LogP contribution in [0.5, 0.6) is 0 Å². The highest BCUT2D eigenvalue weighted by Gasteiger charge is 2.28. The molecule has 0 aromatic heterocycles. The van der Waals surface area contributed by atoms with Gasteiger partial charge in [0.2, 0.25) is 0 Å². The molecule has 0 spiro atoms. The highest BCUT2D eigenvalue weighted by Crippen LogP contribution is 2.40. The molecule has 3 atom stereocenters. The van der Waals surface area contributed by atoms with Crippen molar-refractivity contribution in [3.05, 3.63) is 11.1 Å². The second-order valence-corrected chi connectivity index (χ2v) is 4.82. The van der Waals surface area contributed by atoms with Gasteiger partial charge in [-0.25, -0.2) is 0 Å². The number of hydrogen-bond acceptors (Lipinski definition) is 1. The summed E-state index contributed by atoms with van der Waals surface area (Å²) in [6.07, 6.45) is 3.77. The summed E-state index contributed by atoms with van der Waals surface area (Å²) >= 11 is 0. The maximum atomic E-state index is 5.66. The van der Waals surface area contributed by atoms with Crippen molar-refractivity contribution in [1.29, 1.82) is 0 Å². The summed E-state index contributed by atoms with van der Waals surface area (Å²) in [7, 11) is 0. The average molecular weight is 195 g/mol. The van der Waals surface area contributed by atoms with E-state index in [1.807, 2.05) is 0 Å². The van der Waals surface area contributed by atoms with Gasteiger partial charge in [-0.2, -0.15) is 0 Å². The Balaban J connectivity index is 2.81. The van der Waals surface area contributed by atoms with Crippen LogP contribution in [0.1, 0.15) is 47.0 Å². The van der Waals surface area contributed by atoms with E-state index in [0.717, 1.165) is 24.3 Å². The summed E-state index contributed by atoms with van der Waals surface area (Å²) in [5.74, 6) is 2.36. The zero-order valence-electron chi connectivity index (χ0n) is 10.1. The van der Waals surface area contributed by atoms with Crippen LogP contribution in [-0.2, 0) is 0 Å². The second-order valence-electron chi connectivity index (χ2n) is 4.82. The molecule has 1 aliphatic carbocycles. The Hall–Kier alpha value is -0.300. The third-order valence-corrected chi connectivity index (χ3v) is 4.07. The Kier molecular flexibility index (Phi) is 4.18. The van der Waals surface area contributed by atoms with Crippen LogP contribution >= 0.6 is 0 Å². The van der Waals surface area contributed by atoms with Gasteiger partial charge in [0.05, 0.1) is 0 Å². The fraction of sp³-hybridized carbons (Fsp3) is 0.846. The molecule has 0 aliphatic heterocycles. The van der Waals surface area contributed by atoms with Crippen LogP contribution in [0.3, 0.4) is 0 Å². The minimum Gasteiger partial charge on any atom is -0.330 e. The molecule has 1 rings (SSSR count). The van der Waals surface area contributed by atoms with Gasteiger partial charge in [-0.15, -0.1) is 0 Å². The molecule has 0 bridgehead atoms. The number of hydrogen-bond donors (Lipinski definition) is 1. The van der Waals surface area contributed by atoms with E-state index in [1.165, 1.54) is 19.3 Å². The SMILES string of the molecule is CCC1=C(C)C(C)C(CCN)CC1C. The third kappa shape index (κ3) is 2.20. The highest BCUT2D eigenvalue weighted by atomic mass is 14.5. The highest BCUT2D eigenvalue weighted by molar-refractivity contribution is 5.21. The van der Waals surface area contributed by atoms with Gasteiger partial charge in [-0.3, -0.25) is 0 Å². The molecular weight excluding hydrogens is 170 g/mol. The Morgan fingerprint density at radius 1 is 1.36 bits per heavy atom. The molecule has 0 radical (unpaired) electrons. The van der Waals surface area contributed by atoms with E-state index in [2.05, 4.69) is 27.7 Å². The maximum Gasteiger partial charge on any atom is -0.00744 e. The van der Waals surface area contributed by atoms with E-state index in [1.54, 1.807) is 11.1 Å². The Morgan fingerprint density at radius 2 is 2.00 bits per heavy atom. The van der Waals surface area contributed by atoms with E-state index in [4.69, 9.17) is 5.73 Å². The Morgan fingerprint density at radius 3 is 2.50 bits per heavy atom. The molecule has 2 N–H and O–H groups in total. The molecule has 14 heavy (non-hydrogen) atoms. The monoisotopic (exact) mass is 195 g/mol. The molecule has 1 nitrogen and oxygen atoms in total. The lowest BCUT2D eigenvalue weighted by atomic mass is 9.70. The van der Waals surface area contributed by atoms with Gasteiger partial charge in [0, 0.05) is 0 Å². The van der Waals surface area contributed by atoms with E-state index in [9.17, 15) is 0 Å². The second kappa shape index (κ2) is 4.97. The third-order valence-electron chi connectivity index (χ3n) is 4.07. The van der Waals surface area contributed by atoms with Crippen LogP contribution in [0, 0.1) is 17.8 Å². The lowest BCUT2D eigenvalue weighted by Crippen LogP contribution is -2.26. The zero-order chi connectivity index (χ0) is 10.7. The average Bonchev–Trinajstić information content (AvgIpc) is 2.15. The standard InChI is InChI=1S/C13H25N/c1-5-13-9(2)8-12(6-7-14)10(3)11(13)4/h9-10,12H,5-8,14H2,1-4H3. The number of nitrogens with two attached hydrogens (primary N) is 1. The molecule has 0 aromatic rings. The summed E-state index contributed by atoms with van der Waals surface area (Å²) in [6, 6.07) is 0. The molecule has 0 fully saturated rings. The van der Waals surface area contributed by atoms with E-state index < -0.39 is 0 Å². The van der Waals surface area contributed by atoms with Crippen molar-refractivity contribution < 1.29 is 0 Å². The summed E-state index contributed by atoms with van der Waals surface area (Å²) < 4.78 is 0. The molecule has 1 aliphatic rings. The van der Waals surface area contributed by atoms with Gasteiger partial charge in [0.15, 0.2) is 0 Å². The topological polar surface area (TPSA) is 26.0 Å². The molecule has 82 valence electrons. The molecule has 0 saturated heterocycles. The van der Waals surface area contributed by atoms with E-state index in [-0.39, 0.29) is 0 Å². The summed E-state index contributed by atoms with van der Waals surface area (Å²) in [5.41, 5.74) is 9.01. The molecule has 0 heterocycles. The molecular formula is C13H25N. The van der Waals surface area contributed by atoms with Crippen molar-refractivity contribution in [3.63, 3.8) is 0 Å². The van der Waals surface area contributed by atoms with Crippen LogP contribution in [0.4, 0.5) is 0 Å². The predicted octanol–water partition coefficient (Wildman–Crippen LogP) is 3.35. The van der Waals surface area contributed by atoms with E-state index in [0.29, 0.717) is 0 Å². The molecule has 0 aromatic carbocycles. The Bertz CT molecular complexity index is 217. The van der Waals surface area contributed by atoms with Crippen molar-refractivity contribution in [2.45, 2.75) is 47.0 Å². The first-order valence-corrected chi connectivity index (χ1v) is 6.01. The molecule has 0 amide bonds. The van der Waals surface area contributed by atoms with Crippen molar-refractivity contribution >= 4 is 0 Å². The van der Waals surface area contributed by atoms with Crippen molar-refractivity contribution in [2.24, 2.45) is 23.5 Å². The fourth-order valence-electron chi connectivity index (χ4n) is 3.04. The molecule has 3 unspecified atom stereocenters. The van der Waals surface area contributed by atoms with Crippen molar-refractivity contribution in [1.82, 2.24) is 0 Å². The predicted molar refractivity (Wildman–Crippen MR) is 63.1 cm³/mol. The van der Waals surface area contributed by atoms with Crippen LogP contribution < -0.4 is 5.73 Å². The smallest absolute Gasteiger partial charge is 0.00744 e. The number of rotatable bonds is 3. The first-order valence-electron chi connectivity index (χ1n) is 6.01. The van der Waals surface area contributed by atoms with Gasteiger partial charge in [0.25, 0.3) is 0 Å². The van der Waals surface area contributed by atoms with Crippen molar-refractivity contribution in [2.75, 3.05) is 6.54 Å². The summed E-state index contributed by atoms with van der Waals surface area (Å²) in [4.78, 5) is 0. The minimum atomic E-state index is 0.754. The Labute approximate surface area is 88.8 Å². The van der Waals surface area contributed by atoms with Gasteiger partial charge in [-0.1, -0.05) is 31.9 Å². The van der Waals surface area contributed by atoms with Gasteiger partial charge in [-0.05, 0) is 50.5 Å². The van der Waals surface area contributed by atoms with Crippen LogP contribution in [-0.4, -0.2) is 6.54 Å². The quantitative estimate of drug-likeness (QED) is 0.687. The van der Waals surface area contributed by atoms with E-state index >= 15 is 0 Å². The number of allylic oxidation sites excluding steroid dienone is 2. The lowest BCUT2D eigenvalue weighted by Gasteiger charge is -2.36. The van der Waals surface area contributed by atoms with Gasteiger partial charge >= 0.3 is 0 Å². The van der Waals surface area contributed by atoms with Crippen molar-refractivity contribution in [3.8, 4) is 0 Å². The first kappa shape index (κ1) is 11.8. The summed E-state index contributed by atoms with van der Waals surface area (Å²) in [5, 5.41) is 0. The molecule has 0 saturated carbocycles. The zero-order valence-corrected chi connectivity index (χ0v) is 10.1. The normalized spacial score (nSPS) is 33.6. The molecule has 1 heteroatoms. The van der Waals surface area contributed by atoms with Crippen LogP contribution in [0.2, 0.25) is 0 Å². The van der Waals surface area contributed by atoms with Gasteiger partial charge < -0.3 is 5.73 Å². The largest absolute Gasteiger partial charge is 0.330 e. The van der Waals surface area contributed by atoms with Gasteiger partial charge in [0.1, 0.15) is 0 Å². The first-order chi connectivity index (χ1) is 6.61. The van der Waals surface area contributed by atoms with Crippen LogP contribution in [0.15, 0.2) is 11.1 Å². The lowest BCUT2D eigenvalue weighted by molar-refractivity contribution is 0.290.